The predicted molar refractivity (Wildman–Crippen MR) is 83.9 cm³/mol. The lowest BCUT2D eigenvalue weighted by atomic mass is 9.56. The van der Waals surface area contributed by atoms with E-state index < -0.39 is 0 Å². The summed E-state index contributed by atoms with van der Waals surface area (Å²) in [6.45, 7) is 4.03. The number of nitrogens with zero attached hydrogens (tertiary/aromatic N) is 1. The molecule has 1 saturated heterocycles. The summed E-state index contributed by atoms with van der Waals surface area (Å²) >= 11 is 0. The highest BCUT2D eigenvalue weighted by molar-refractivity contribution is 5.04. The van der Waals surface area contributed by atoms with Gasteiger partial charge < -0.3 is 5.32 Å². The van der Waals surface area contributed by atoms with Gasteiger partial charge in [-0.05, 0) is 69.2 Å². The second kappa shape index (κ2) is 5.61. The summed E-state index contributed by atoms with van der Waals surface area (Å²) in [6.07, 6.45) is 16.5. The van der Waals surface area contributed by atoms with Gasteiger partial charge in [-0.1, -0.05) is 19.3 Å². The fourth-order valence-corrected chi connectivity index (χ4v) is 5.25. The first-order chi connectivity index (χ1) is 9.86. The molecule has 20 heavy (non-hydrogen) atoms. The van der Waals surface area contributed by atoms with E-state index in [9.17, 15) is 0 Å². The van der Waals surface area contributed by atoms with Gasteiger partial charge >= 0.3 is 0 Å². The molecule has 1 aliphatic heterocycles. The van der Waals surface area contributed by atoms with Gasteiger partial charge in [0.1, 0.15) is 0 Å². The smallest absolute Gasteiger partial charge is 0.0195 e. The van der Waals surface area contributed by atoms with Crippen LogP contribution in [-0.4, -0.2) is 36.6 Å². The third kappa shape index (κ3) is 2.66. The lowest BCUT2D eigenvalue weighted by Crippen LogP contribution is -2.58. The molecule has 4 fully saturated rings. The van der Waals surface area contributed by atoms with Crippen molar-refractivity contribution in [3.05, 3.63) is 0 Å². The fourth-order valence-electron chi connectivity index (χ4n) is 5.25. The van der Waals surface area contributed by atoms with Crippen molar-refractivity contribution >= 4 is 0 Å². The largest absolute Gasteiger partial charge is 0.313 e. The summed E-state index contributed by atoms with van der Waals surface area (Å²) in [5, 5.41) is 3.73. The standard InChI is InChI=1S/C18H32N2/c1-2-9-18(10-3-1)11-8-17(18)20(13-15-6-7-15)14-16-5-4-12-19-16/h15-17,19H,1-14H2. The molecule has 3 aliphatic carbocycles. The fraction of sp³-hybridized carbons (Fsp3) is 1.00. The first kappa shape index (κ1) is 13.6. The maximum atomic E-state index is 3.73. The third-order valence-electron chi connectivity index (χ3n) is 6.72. The molecule has 4 aliphatic rings. The van der Waals surface area contributed by atoms with Crippen molar-refractivity contribution < 1.29 is 0 Å². The van der Waals surface area contributed by atoms with Gasteiger partial charge in [0.2, 0.25) is 0 Å². The third-order valence-corrected chi connectivity index (χ3v) is 6.72. The van der Waals surface area contributed by atoms with Gasteiger partial charge in [0.15, 0.2) is 0 Å². The van der Waals surface area contributed by atoms with E-state index in [0.29, 0.717) is 0 Å². The minimum Gasteiger partial charge on any atom is -0.313 e. The molecule has 2 atom stereocenters. The molecule has 0 aromatic carbocycles. The van der Waals surface area contributed by atoms with Crippen molar-refractivity contribution in [1.29, 1.82) is 0 Å². The van der Waals surface area contributed by atoms with Crippen molar-refractivity contribution in [3.63, 3.8) is 0 Å². The molecule has 0 aromatic rings. The van der Waals surface area contributed by atoms with E-state index in [1.54, 1.807) is 0 Å². The molecule has 1 heterocycles. The molecule has 2 unspecified atom stereocenters. The van der Waals surface area contributed by atoms with Crippen molar-refractivity contribution in [3.8, 4) is 0 Å². The average Bonchev–Trinajstić information content (AvgIpc) is 3.12. The van der Waals surface area contributed by atoms with Crippen LogP contribution in [0.15, 0.2) is 0 Å². The minimum absolute atomic E-state index is 0.756. The SMILES string of the molecule is C1CCC2(CC1)CCC2N(CC1CC1)CC1CCCN1. The van der Waals surface area contributed by atoms with E-state index in [2.05, 4.69) is 10.2 Å². The quantitative estimate of drug-likeness (QED) is 0.826. The average molecular weight is 276 g/mol. The second-order valence-electron chi connectivity index (χ2n) is 8.17. The van der Waals surface area contributed by atoms with Gasteiger partial charge in [-0.2, -0.15) is 0 Å². The van der Waals surface area contributed by atoms with Crippen molar-refractivity contribution in [1.82, 2.24) is 10.2 Å². The first-order valence-corrected chi connectivity index (χ1v) is 9.33. The zero-order valence-electron chi connectivity index (χ0n) is 13.1. The molecule has 2 heteroatoms. The predicted octanol–water partition coefficient (Wildman–Crippen LogP) is 3.56. The monoisotopic (exact) mass is 276 g/mol. The maximum Gasteiger partial charge on any atom is 0.0195 e. The van der Waals surface area contributed by atoms with Crippen LogP contribution in [-0.2, 0) is 0 Å². The van der Waals surface area contributed by atoms with E-state index in [-0.39, 0.29) is 0 Å². The highest BCUT2D eigenvalue weighted by Crippen LogP contribution is 2.54. The molecule has 1 spiro atoms. The Kier molecular flexibility index (Phi) is 3.80. The van der Waals surface area contributed by atoms with Gasteiger partial charge in [0.25, 0.3) is 0 Å². The Morgan fingerprint density at radius 2 is 1.70 bits per heavy atom. The maximum absolute atomic E-state index is 3.73. The van der Waals surface area contributed by atoms with Gasteiger partial charge in [-0.25, -0.2) is 0 Å². The van der Waals surface area contributed by atoms with Crippen LogP contribution in [0.1, 0.15) is 70.6 Å². The van der Waals surface area contributed by atoms with Crippen LogP contribution in [0.4, 0.5) is 0 Å². The summed E-state index contributed by atoms with van der Waals surface area (Å²) in [5.41, 5.74) is 0.756. The van der Waals surface area contributed by atoms with E-state index in [0.717, 1.165) is 23.4 Å². The van der Waals surface area contributed by atoms with Crippen molar-refractivity contribution in [2.75, 3.05) is 19.6 Å². The van der Waals surface area contributed by atoms with Gasteiger partial charge in [-0.15, -0.1) is 0 Å². The molecule has 3 saturated carbocycles. The van der Waals surface area contributed by atoms with Crippen LogP contribution < -0.4 is 5.32 Å². The molecule has 0 aromatic heterocycles. The van der Waals surface area contributed by atoms with E-state index in [1.165, 1.54) is 90.3 Å². The summed E-state index contributed by atoms with van der Waals surface area (Å²) in [5.74, 6) is 1.05. The van der Waals surface area contributed by atoms with Crippen LogP contribution in [0.3, 0.4) is 0 Å². The Labute approximate surface area is 124 Å². The highest BCUT2D eigenvalue weighted by Gasteiger charge is 2.50. The molecule has 1 N–H and O–H groups in total. The van der Waals surface area contributed by atoms with Gasteiger partial charge in [-0.3, -0.25) is 4.90 Å². The highest BCUT2D eigenvalue weighted by atomic mass is 15.2. The minimum atomic E-state index is 0.756. The second-order valence-corrected chi connectivity index (χ2v) is 8.17. The Hall–Kier alpha value is -0.0800. The molecule has 114 valence electrons. The lowest BCUT2D eigenvalue weighted by Gasteiger charge is -2.57. The Balaban J connectivity index is 1.42. The Morgan fingerprint density at radius 3 is 2.30 bits per heavy atom. The van der Waals surface area contributed by atoms with Crippen molar-refractivity contribution in [2.45, 2.75) is 82.7 Å². The normalized spacial score (nSPS) is 36.5. The zero-order chi connectivity index (χ0) is 13.4. The molecule has 4 rings (SSSR count). The van der Waals surface area contributed by atoms with Crippen LogP contribution in [0, 0.1) is 11.3 Å². The van der Waals surface area contributed by atoms with Gasteiger partial charge in [0.05, 0.1) is 0 Å². The number of hydrogen-bond donors (Lipinski definition) is 1. The van der Waals surface area contributed by atoms with E-state index in [4.69, 9.17) is 0 Å². The number of nitrogens with one attached hydrogen (secondary N) is 1. The summed E-state index contributed by atoms with van der Waals surface area (Å²) < 4.78 is 0. The van der Waals surface area contributed by atoms with Crippen LogP contribution in [0.25, 0.3) is 0 Å². The van der Waals surface area contributed by atoms with Crippen LogP contribution >= 0.6 is 0 Å². The Bertz CT molecular complexity index is 324. The number of hydrogen-bond acceptors (Lipinski definition) is 2. The van der Waals surface area contributed by atoms with Crippen LogP contribution in [0.5, 0.6) is 0 Å². The topological polar surface area (TPSA) is 15.3 Å². The van der Waals surface area contributed by atoms with Crippen LogP contribution in [0.2, 0.25) is 0 Å². The molecule has 2 nitrogen and oxygen atoms in total. The first-order valence-electron chi connectivity index (χ1n) is 9.33. The molecular formula is C18H32N2. The van der Waals surface area contributed by atoms with E-state index >= 15 is 0 Å². The van der Waals surface area contributed by atoms with E-state index in [1.807, 2.05) is 0 Å². The van der Waals surface area contributed by atoms with Crippen molar-refractivity contribution in [2.24, 2.45) is 11.3 Å². The number of rotatable bonds is 5. The summed E-state index contributed by atoms with van der Waals surface area (Å²) in [4.78, 5) is 2.95. The lowest BCUT2D eigenvalue weighted by molar-refractivity contribution is -0.0572. The zero-order valence-corrected chi connectivity index (χ0v) is 13.1. The molecular weight excluding hydrogens is 244 g/mol. The van der Waals surface area contributed by atoms with Gasteiger partial charge in [0, 0.05) is 25.2 Å². The molecule has 0 amide bonds. The molecule has 0 radical (unpaired) electrons. The Morgan fingerprint density at radius 1 is 0.850 bits per heavy atom. The molecule has 0 bridgehead atoms. The summed E-state index contributed by atoms with van der Waals surface area (Å²) in [7, 11) is 0. The summed E-state index contributed by atoms with van der Waals surface area (Å²) in [6, 6.07) is 1.75.